The van der Waals surface area contributed by atoms with Crippen LogP contribution in [0.5, 0.6) is 0 Å². The number of aryl methyl sites for hydroxylation is 1. The Morgan fingerprint density at radius 2 is 2.17 bits per heavy atom. The number of nitrogens with one attached hydrogen (secondary N) is 1. The zero-order valence-corrected chi connectivity index (χ0v) is 14.1. The van der Waals surface area contributed by atoms with Gasteiger partial charge in [0.25, 0.3) is 5.91 Å². The van der Waals surface area contributed by atoms with E-state index in [0.717, 1.165) is 17.0 Å². The van der Waals surface area contributed by atoms with E-state index in [2.05, 4.69) is 40.3 Å². The summed E-state index contributed by atoms with van der Waals surface area (Å²) in [5.41, 5.74) is 2.35. The number of carbonyl (C=O) groups is 1. The Balaban J connectivity index is 1.47. The molecular formula is C18H21N3OS. The summed E-state index contributed by atoms with van der Waals surface area (Å²) in [6.07, 6.45) is 4.22. The van der Waals surface area contributed by atoms with Crippen molar-refractivity contribution in [3.63, 3.8) is 0 Å². The molecule has 1 atom stereocenters. The molecular weight excluding hydrogens is 306 g/mol. The van der Waals surface area contributed by atoms with Crippen LogP contribution in [0.15, 0.2) is 30.5 Å². The molecule has 3 fully saturated rings. The molecule has 1 aromatic heterocycles. The van der Waals surface area contributed by atoms with Gasteiger partial charge < -0.3 is 10.2 Å². The number of carbonyl (C=O) groups excluding carboxylic acids is 1. The predicted octanol–water partition coefficient (Wildman–Crippen LogP) is 2.94. The highest BCUT2D eigenvalue weighted by Gasteiger charge is 2.35. The molecule has 1 N–H and O–H groups in total. The van der Waals surface area contributed by atoms with Crippen molar-refractivity contribution in [2.24, 2.45) is 5.92 Å². The van der Waals surface area contributed by atoms with Gasteiger partial charge in [0, 0.05) is 18.8 Å². The van der Waals surface area contributed by atoms with Gasteiger partial charge in [-0.3, -0.25) is 4.79 Å². The van der Waals surface area contributed by atoms with Gasteiger partial charge in [0.2, 0.25) is 0 Å². The van der Waals surface area contributed by atoms with Crippen LogP contribution in [-0.4, -0.2) is 41.5 Å². The molecule has 2 aromatic rings. The topological polar surface area (TPSA) is 45.2 Å². The zero-order valence-electron chi connectivity index (χ0n) is 13.3. The summed E-state index contributed by atoms with van der Waals surface area (Å²) < 4.78 is 0. The number of hydrogen-bond acceptors (Lipinski definition) is 4. The first-order valence-electron chi connectivity index (χ1n) is 8.25. The average molecular weight is 327 g/mol. The molecule has 5 heteroatoms. The van der Waals surface area contributed by atoms with Gasteiger partial charge >= 0.3 is 0 Å². The minimum Gasteiger partial charge on any atom is -0.346 e. The Morgan fingerprint density at radius 3 is 2.87 bits per heavy atom. The SMILES string of the molecule is Cc1cccc(-c2cnc(C(=O)N[C@H]3CN4CCC3CC4)s2)c1. The van der Waals surface area contributed by atoms with Crippen molar-refractivity contribution in [3.05, 3.63) is 41.0 Å². The monoisotopic (exact) mass is 327 g/mol. The number of rotatable bonds is 3. The molecule has 3 aliphatic heterocycles. The van der Waals surface area contributed by atoms with Crippen molar-refractivity contribution < 1.29 is 4.79 Å². The first kappa shape index (κ1) is 14.8. The van der Waals surface area contributed by atoms with E-state index in [-0.39, 0.29) is 11.9 Å². The standard InChI is InChI=1S/C18H21N3OS/c1-12-3-2-4-14(9-12)16-10-19-18(23-16)17(22)20-15-11-21-7-5-13(15)6-8-21/h2-4,9-10,13,15H,5-8,11H2,1H3,(H,20,22)/t15-/m0/s1. The molecule has 3 saturated heterocycles. The van der Waals surface area contributed by atoms with Crippen LogP contribution in [0.3, 0.4) is 0 Å². The number of amides is 1. The molecule has 1 aromatic carbocycles. The van der Waals surface area contributed by atoms with Crippen LogP contribution in [-0.2, 0) is 0 Å². The number of benzene rings is 1. The van der Waals surface area contributed by atoms with Crippen LogP contribution < -0.4 is 5.32 Å². The number of hydrogen-bond donors (Lipinski definition) is 1. The number of fused-ring (bicyclic) bond motifs is 3. The zero-order chi connectivity index (χ0) is 15.8. The molecule has 4 nitrogen and oxygen atoms in total. The first-order chi connectivity index (χ1) is 11.2. The Morgan fingerprint density at radius 1 is 1.35 bits per heavy atom. The van der Waals surface area contributed by atoms with Crippen LogP contribution in [0.25, 0.3) is 10.4 Å². The lowest BCUT2D eigenvalue weighted by atomic mass is 9.84. The molecule has 23 heavy (non-hydrogen) atoms. The van der Waals surface area contributed by atoms with E-state index in [1.165, 1.54) is 42.8 Å². The molecule has 0 radical (unpaired) electrons. The second-order valence-corrected chi connectivity index (χ2v) is 7.65. The van der Waals surface area contributed by atoms with E-state index in [4.69, 9.17) is 0 Å². The summed E-state index contributed by atoms with van der Waals surface area (Å²) in [5, 5.41) is 3.78. The highest BCUT2D eigenvalue weighted by Crippen LogP contribution is 2.29. The molecule has 0 unspecified atom stereocenters. The van der Waals surface area contributed by atoms with Crippen molar-refractivity contribution in [1.29, 1.82) is 0 Å². The van der Waals surface area contributed by atoms with Gasteiger partial charge in [-0.2, -0.15) is 0 Å². The van der Waals surface area contributed by atoms with E-state index in [9.17, 15) is 4.79 Å². The summed E-state index contributed by atoms with van der Waals surface area (Å²) in [4.78, 5) is 20.4. The third-order valence-corrected chi connectivity index (χ3v) is 6.02. The molecule has 120 valence electrons. The van der Waals surface area contributed by atoms with E-state index in [0.29, 0.717) is 10.9 Å². The normalized spacial score (nSPS) is 26.2. The van der Waals surface area contributed by atoms with Gasteiger partial charge in [-0.1, -0.05) is 29.8 Å². The Hall–Kier alpha value is -1.72. The van der Waals surface area contributed by atoms with Crippen molar-refractivity contribution in [3.8, 4) is 10.4 Å². The number of nitrogens with zero attached hydrogens (tertiary/aromatic N) is 2. The maximum atomic E-state index is 12.5. The molecule has 2 bridgehead atoms. The fraction of sp³-hybridized carbons (Fsp3) is 0.444. The first-order valence-corrected chi connectivity index (χ1v) is 9.07. The number of piperidine rings is 3. The fourth-order valence-corrected chi connectivity index (χ4v) is 4.49. The molecule has 0 aliphatic carbocycles. The molecule has 4 heterocycles. The largest absolute Gasteiger partial charge is 0.346 e. The van der Waals surface area contributed by atoms with Crippen LogP contribution in [0.1, 0.15) is 28.2 Å². The Labute approximate surface area is 140 Å². The van der Waals surface area contributed by atoms with Crippen molar-refractivity contribution in [2.45, 2.75) is 25.8 Å². The van der Waals surface area contributed by atoms with Gasteiger partial charge in [0.05, 0.1) is 4.88 Å². The lowest BCUT2D eigenvalue weighted by Crippen LogP contribution is -2.57. The van der Waals surface area contributed by atoms with Crippen molar-refractivity contribution in [1.82, 2.24) is 15.2 Å². The molecule has 0 saturated carbocycles. The molecule has 3 aliphatic rings. The van der Waals surface area contributed by atoms with E-state index in [1.54, 1.807) is 0 Å². The molecule has 5 rings (SSSR count). The summed E-state index contributed by atoms with van der Waals surface area (Å²) >= 11 is 1.47. The minimum atomic E-state index is -0.0207. The fourth-order valence-electron chi connectivity index (χ4n) is 3.67. The quantitative estimate of drug-likeness (QED) is 0.943. The lowest BCUT2D eigenvalue weighted by Gasteiger charge is -2.44. The third-order valence-electron chi connectivity index (χ3n) is 4.98. The highest BCUT2D eigenvalue weighted by atomic mass is 32.1. The number of aromatic nitrogens is 1. The summed E-state index contributed by atoms with van der Waals surface area (Å²) in [7, 11) is 0. The maximum Gasteiger partial charge on any atom is 0.280 e. The third kappa shape index (κ3) is 3.03. The van der Waals surface area contributed by atoms with Gasteiger partial charge in [0.15, 0.2) is 5.01 Å². The van der Waals surface area contributed by atoms with E-state index < -0.39 is 0 Å². The molecule has 0 spiro atoms. The van der Waals surface area contributed by atoms with Crippen molar-refractivity contribution >= 4 is 17.2 Å². The second-order valence-electron chi connectivity index (χ2n) is 6.62. The van der Waals surface area contributed by atoms with Gasteiger partial charge in [0.1, 0.15) is 0 Å². The minimum absolute atomic E-state index is 0.0207. The van der Waals surface area contributed by atoms with Crippen LogP contribution >= 0.6 is 11.3 Å². The Kier molecular flexibility index (Phi) is 3.91. The van der Waals surface area contributed by atoms with Gasteiger partial charge in [-0.25, -0.2) is 4.98 Å². The molecule has 1 amide bonds. The summed E-state index contributed by atoms with van der Waals surface area (Å²) in [6, 6.07) is 8.59. The van der Waals surface area contributed by atoms with Crippen molar-refractivity contribution in [2.75, 3.05) is 19.6 Å². The van der Waals surface area contributed by atoms with E-state index >= 15 is 0 Å². The summed E-state index contributed by atoms with van der Waals surface area (Å²) in [5.74, 6) is 0.618. The Bertz CT molecular complexity index is 719. The smallest absolute Gasteiger partial charge is 0.280 e. The average Bonchev–Trinajstić information content (AvgIpc) is 3.06. The summed E-state index contributed by atoms with van der Waals surface area (Å²) in [6.45, 7) is 5.44. The van der Waals surface area contributed by atoms with Crippen LogP contribution in [0, 0.1) is 12.8 Å². The number of thiazole rings is 1. The highest BCUT2D eigenvalue weighted by molar-refractivity contribution is 7.16. The predicted molar refractivity (Wildman–Crippen MR) is 92.7 cm³/mol. The van der Waals surface area contributed by atoms with Gasteiger partial charge in [-0.05, 0) is 44.3 Å². The van der Waals surface area contributed by atoms with Gasteiger partial charge in [-0.15, -0.1) is 11.3 Å². The lowest BCUT2D eigenvalue weighted by molar-refractivity contribution is 0.0620. The van der Waals surface area contributed by atoms with E-state index in [1.807, 2.05) is 12.3 Å². The maximum absolute atomic E-state index is 12.5. The second kappa shape index (κ2) is 6.06. The van der Waals surface area contributed by atoms with Crippen LogP contribution in [0.2, 0.25) is 0 Å². The van der Waals surface area contributed by atoms with Crippen LogP contribution in [0.4, 0.5) is 0 Å².